The third-order valence-corrected chi connectivity index (χ3v) is 8.36. The number of nitrogens with one attached hydrogen (secondary N) is 2. The van der Waals surface area contributed by atoms with E-state index in [9.17, 15) is 14.4 Å². The van der Waals surface area contributed by atoms with E-state index in [2.05, 4.69) is 10.6 Å². The van der Waals surface area contributed by atoms with Crippen LogP contribution in [0, 0.1) is 0 Å². The van der Waals surface area contributed by atoms with Crippen molar-refractivity contribution in [2.45, 2.75) is 18.4 Å². The number of thioether (sulfide) groups is 1. The van der Waals surface area contributed by atoms with E-state index < -0.39 is 30.6 Å². The van der Waals surface area contributed by atoms with Crippen LogP contribution in [0.5, 0.6) is 5.75 Å². The Hall–Kier alpha value is -2.33. The molecule has 0 aliphatic heterocycles. The van der Waals surface area contributed by atoms with Gasteiger partial charge in [0, 0.05) is 11.5 Å². The van der Waals surface area contributed by atoms with Crippen LogP contribution >= 0.6 is 69.8 Å². The monoisotopic (exact) mass is 648 g/mol. The minimum absolute atomic E-state index is 0.0260. The lowest BCUT2D eigenvalue weighted by Gasteiger charge is -2.18. The van der Waals surface area contributed by atoms with Crippen LogP contribution in [0.4, 0.5) is 4.79 Å². The van der Waals surface area contributed by atoms with Crippen LogP contribution < -0.4 is 15.4 Å². The molecule has 0 saturated carbocycles. The average Bonchev–Trinajstić information content (AvgIpc) is 2.95. The largest absolute Gasteiger partial charge is 0.445 e. The van der Waals surface area contributed by atoms with Crippen LogP contribution in [0.1, 0.15) is 11.1 Å². The summed E-state index contributed by atoms with van der Waals surface area (Å²) in [6.07, 6.45) is -0.786. The maximum absolute atomic E-state index is 12.9. The Kier molecular flexibility index (Phi) is 12.4. The Morgan fingerprint density at radius 3 is 1.90 bits per heavy atom. The van der Waals surface area contributed by atoms with Gasteiger partial charge in [0.05, 0.1) is 15.1 Å². The second kappa shape index (κ2) is 15.5. The zero-order valence-electron chi connectivity index (χ0n) is 20.0. The number of ether oxygens (including phenoxy) is 2. The molecule has 1 atom stereocenters. The fourth-order valence-electron chi connectivity index (χ4n) is 3.07. The number of benzene rings is 3. The van der Waals surface area contributed by atoms with Gasteiger partial charge in [0.15, 0.2) is 5.75 Å². The minimum atomic E-state index is -1.01. The molecule has 3 aromatic rings. The van der Waals surface area contributed by atoms with Gasteiger partial charge in [0.25, 0.3) is 0 Å². The summed E-state index contributed by atoms with van der Waals surface area (Å²) in [6, 6.07) is 17.7. The number of hydrogen-bond acceptors (Lipinski definition) is 6. The van der Waals surface area contributed by atoms with Gasteiger partial charge in [-0.1, -0.05) is 119 Å². The molecule has 39 heavy (non-hydrogen) atoms. The maximum atomic E-state index is 12.9. The highest BCUT2D eigenvalue weighted by Crippen LogP contribution is 2.48. The number of hydrogen-bond donors (Lipinski definition) is 2. The van der Waals surface area contributed by atoms with Crippen LogP contribution in [0.15, 0.2) is 60.7 Å². The average molecular weight is 651 g/mol. The molecular weight excluding hydrogens is 630 g/mol. The molecular formula is C26H21Cl5N2O5S. The van der Waals surface area contributed by atoms with Crippen LogP contribution in [0.3, 0.4) is 0 Å². The molecule has 0 spiro atoms. The molecule has 0 unspecified atom stereocenters. The summed E-state index contributed by atoms with van der Waals surface area (Å²) in [5.41, 5.74) is 1.83. The first-order valence-electron chi connectivity index (χ1n) is 11.3. The van der Waals surface area contributed by atoms with E-state index in [4.69, 9.17) is 67.5 Å². The predicted octanol–water partition coefficient (Wildman–Crippen LogP) is 7.20. The van der Waals surface area contributed by atoms with E-state index in [0.29, 0.717) is 5.75 Å². The molecule has 0 aliphatic rings. The van der Waals surface area contributed by atoms with Gasteiger partial charge in [-0.15, -0.1) is 0 Å². The highest BCUT2D eigenvalue weighted by Gasteiger charge is 2.25. The summed E-state index contributed by atoms with van der Waals surface area (Å²) in [5.74, 6) is -1.04. The summed E-state index contributed by atoms with van der Waals surface area (Å²) in [6.45, 7) is -0.540. The molecule has 0 aromatic heterocycles. The first-order chi connectivity index (χ1) is 18.7. The SMILES string of the molecule is O=C(CNC(=O)[C@H](CSCc1ccccc1)NC(=O)OCc1ccccc1)Oc1c(Cl)c(Cl)c(Cl)c(Cl)c1Cl. The van der Waals surface area contributed by atoms with Gasteiger partial charge in [0.1, 0.15) is 29.2 Å². The smallest absolute Gasteiger partial charge is 0.408 e. The van der Waals surface area contributed by atoms with Gasteiger partial charge in [-0.05, 0) is 11.1 Å². The van der Waals surface area contributed by atoms with Crippen molar-refractivity contribution in [3.8, 4) is 5.75 Å². The zero-order chi connectivity index (χ0) is 28.4. The summed E-state index contributed by atoms with van der Waals surface area (Å²) in [7, 11) is 0. The summed E-state index contributed by atoms with van der Waals surface area (Å²) in [5, 5.41) is 4.17. The number of halogens is 5. The van der Waals surface area contributed by atoms with Crippen LogP contribution in [-0.2, 0) is 26.7 Å². The second-order valence-electron chi connectivity index (χ2n) is 7.85. The standard InChI is InChI=1S/C26H21Cl5N2O5S/c27-19-20(28)22(30)24(23(31)21(19)29)38-18(34)11-32-25(35)17(14-39-13-16-9-5-2-6-10-16)33-26(36)37-12-15-7-3-1-4-8-15/h1-10,17H,11-14H2,(H,32,35)(H,33,36)/t17-/m0/s1. The lowest BCUT2D eigenvalue weighted by Crippen LogP contribution is -2.49. The molecule has 7 nitrogen and oxygen atoms in total. The Bertz CT molecular complexity index is 1290. The van der Waals surface area contributed by atoms with E-state index in [1.807, 2.05) is 48.5 Å². The molecule has 3 rings (SSSR count). The first kappa shape index (κ1) is 31.2. The minimum Gasteiger partial charge on any atom is -0.445 e. The van der Waals surface area contributed by atoms with Gasteiger partial charge < -0.3 is 20.1 Å². The Morgan fingerprint density at radius 1 is 0.769 bits per heavy atom. The quantitative estimate of drug-likeness (QED) is 0.0987. The van der Waals surface area contributed by atoms with Gasteiger partial charge >= 0.3 is 12.1 Å². The maximum Gasteiger partial charge on any atom is 0.408 e. The highest BCUT2D eigenvalue weighted by molar-refractivity contribution is 7.98. The van der Waals surface area contributed by atoms with Crippen molar-refractivity contribution in [2.75, 3.05) is 12.3 Å². The molecule has 3 aromatic carbocycles. The van der Waals surface area contributed by atoms with Crippen molar-refractivity contribution in [2.24, 2.45) is 0 Å². The number of carbonyl (C=O) groups is 3. The molecule has 206 valence electrons. The number of rotatable bonds is 11. The molecule has 0 aliphatic carbocycles. The number of carbonyl (C=O) groups excluding carboxylic acids is 3. The normalized spacial score (nSPS) is 11.4. The number of alkyl carbamates (subject to hydrolysis) is 1. The Morgan fingerprint density at radius 2 is 1.31 bits per heavy atom. The summed E-state index contributed by atoms with van der Waals surface area (Å²) in [4.78, 5) is 37.8. The highest BCUT2D eigenvalue weighted by atomic mass is 35.5. The van der Waals surface area contributed by atoms with E-state index >= 15 is 0 Å². The third kappa shape index (κ3) is 9.38. The zero-order valence-corrected chi connectivity index (χ0v) is 24.6. The first-order valence-corrected chi connectivity index (χ1v) is 14.3. The summed E-state index contributed by atoms with van der Waals surface area (Å²) < 4.78 is 10.4. The van der Waals surface area contributed by atoms with Crippen LogP contribution in [0.2, 0.25) is 25.1 Å². The topological polar surface area (TPSA) is 93.7 Å². The molecule has 2 N–H and O–H groups in total. The summed E-state index contributed by atoms with van der Waals surface area (Å²) >= 11 is 31.5. The Labute approximate surface area is 254 Å². The van der Waals surface area contributed by atoms with Crippen molar-refractivity contribution in [1.29, 1.82) is 0 Å². The predicted molar refractivity (Wildman–Crippen MR) is 156 cm³/mol. The molecule has 2 amide bonds. The van der Waals surface area contributed by atoms with Crippen molar-refractivity contribution >= 4 is 87.7 Å². The van der Waals surface area contributed by atoms with Crippen molar-refractivity contribution in [3.05, 3.63) is 96.9 Å². The van der Waals surface area contributed by atoms with E-state index in [0.717, 1.165) is 11.1 Å². The van der Waals surface area contributed by atoms with Gasteiger partial charge in [-0.25, -0.2) is 9.59 Å². The van der Waals surface area contributed by atoms with E-state index in [-0.39, 0.29) is 43.2 Å². The molecule has 0 bridgehead atoms. The molecule has 0 fully saturated rings. The van der Waals surface area contributed by atoms with Crippen LogP contribution in [-0.4, -0.2) is 36.3 Å². The van der Waals surface area contributed by atoms with Gasteiger partial charge in [0.2, 0.25) is 5.91 Å². The van der Waals surface area contributed by atoms with Crippen molar-refractivity contribution < 1.29 is 23.9 Å². The lowest BCUT2D eigenvalue weighted by atomic mass is 10.2. The third-order valence-electron chi connectivity index (χ3n) is 5.01. The van der Waals surface area contributed by atoms with Crippen molar-refractivity contribution in [1.82, 2.24) is 10.6 Å². The number of amides is 2. The number of esters is 1. The molecule has 0 heterocycles. The van der Waals surface area contributed by atoms with Gasteiger partial charge in [-0.2, -0.15) is 11.8 Å². The van der Waals surface area contributed by atoms with Gasteiger partial charge in [-0.3, -0.25) is 4.79 Å². The van der Waals surface area contributed by atoms with E-state index in [1.54, 1.807) is 12.1 Å². The fourth-order valence-corrected chi connectivity index (χ4v) is 5.28. The fraction of sp³-hybridized carbons (Fsp3) is 0.192. The van der Waals surface area contributed by atoms with Crippen molar-refractivity contribution in [3.63, 3.8) is 0 Å². The molecule has 13 heteroatoms. The van der Waals surface area contributed by atoms with E-state index in [1.165, 1.54) is 11.8 Å². The molecule has 0 radical (unpaired) electrons. The second-order valence-corrected chi connectivity index (χ2v) is 10.8. The van der Waals surface area contributed by atoms with Crippen LogP contribution in [0.25, 0.3) is 0 Å². The lowest BCUT2D eigenvalue weighted by molar-refractivity contribution is -0.135. The Balaban J connectivity index is 1.60. The molecule has 0 saturated heterocycles.